The molecular weight excluding hydrogens is 472 g/mol. The summed E-state index contributed by atoms with van der Waals surface area (Å²) in [6.45, 7) is 6.52. The molecule has 2 heterocycles. The van der Waals surface area contributed by atoms with Crippen LogP contribution in [0, 0.1) is 0 Å². The lowest BCUT2D eigenvalue weighted by molar-refractivity contribution is -0.191. The van der Waals surface area contributed by atoms with E-state index in [0.717, 1.165) is 16.2 Å². The summed E-state index contributed by atoms with van der Waals surface area (Å²) in [4.78, 5) is 45.2. The Morgan fingerprint density at radius 2 is 1.88 bits per heavy atom. The molecule has 1 fully saturated rings. The third-order valence-electron chi connectivity index (χ3n) is 4.94. The van der Waals surface area contributed by atoms with E-state index in [-0.39, 0.29) is 29.9 Å². The molecule has 33 heavy (non-hydrogen) atoms. The molecule has 2 aliphatic rings. The number of carbonyl (C=O) groups excluding carboxylic acids is 4. The Balaban J connectivity index is 0.00000122. The average molecular weight is 499 g/mol. The van der Waals surface area contributed by atoms with Gasteiger partial charge in [0, 0.05) is 24.1 Å². The minimum atomic E-state index is -1.28. The van der Waals surface area contributed by atoms with Crippen LogP contribution in [-0.4, -0.2) is 79.3 Å². The highest BCUT2D eigenvalue weighted by molar-refractivity contribution is 8.76. The molecule has 2 atom stereocenters. The van der Waals surface area contributed by atoms with Crippen molar-refractivity contribution in [2.24, 2.45) is 0 Å². The Morgan fingerprint density at radius 3 is 2.48 bits per heavy atom. The Morgan fingerprint density at radius 1 is 1.24 bits per heavy atom. The minimum Gasteiger partial charge on any atom is -0.493 e. The van der Waals surface area contributed by atoms with E-state index in [2.05, 4.69) is 6.58 Å². The van der Waals surface area contributed by atoms with E-state index in [1.54, 1.807) is 26.5 Å². The van der Waals surface area contributed by atoms with Crippen molar-refractivity contribution in [3.05, 3.63) is 29.8 Å². The Labute approximate surface area is 199 Å². The monoisotopic (exact) mass is 498 g/mol. The smallest absolute Gasteiger partial charge is 0.416 e. The van der Waals surface area contributed by atoms with Crippen molar-refractivity contribution < 1.29 is 38.5 Å². The van der Waals surface area contributed by atoms with Crippen LogP contribution in [0.25, 0.3) is 0 Å². The molecule has 12 heteroatoms. The molecule has 2 amide bonds. The van der Waals surface area contributed by atoms with Gasteiger partial charge in [-0.2, -0.15) is 9.59 Å². The van der Waals surface area contributed by atoms with Gasteiger partial charge in [0.25, 0.3) is 5.91 Å². The van der Waals surface area contributed by atoms with E-state index in [1.165, 1.54) is 26.4 Å². The zero-order valence-electron chi connectivity index (χ0n) is 18.6. The fourth-order valence-corrected chi connectivity index (χ4v) is 5.10. The van der Waals surface area contributed by atoms with Gasteiger partial charge in [-0.1, -0.05) is 40.7 Å². The predicted molar refractivity (Wildman–Crippen MR) is 124 cm³/mol. The molecule has 180 valence electrons. The van der Waals surface area contributed by atoms with Gasteiger partial charge in [-0.15, -0.1) is 0 Å². The number of hydrogen-bond donors (Lipinski definition) is 1. The molecule has 0 aromatic heterocycles. The second kappa shape index (κ2) is 12.5. The first-order chi connectivity index (χ1) is 15.8. The van der Waals surface area contributed by atoms with Crippen molar-refractivity contribution in [2.45, 2.75) is 25.6 Å². The van der Waals surface area contributed by atoms with Crippen LogP contribution in [-0.2, 0) is 14.3 Å². The van der Waals surface area contributed by atoms with Crippen LogP contribution in [0.2, 0.25) is 0 Å². The van der Waals surface area contributed by atoms with Crippen molar-refractivity contribution in [3.8, 4) is 11.5 Å². The molecule has 1 saturated heterocycles. The van der Waals surface area contributed by atoms with E-state index < -0.39 is 18.4 Å². The van der Waals surface area contributed by atoms with E-state index in [4.69, 9.17) is 23.8 Å². The molecule has 1 N–H and O–H groups in total. The number of fused-ring (bicyclic) bond motifs is 2. The molecule has 1 aromatic rings. The summed E-state index contributed by atoms with van der Waals surface area (Å²) in [5.41, 5.74) is 1.28. The number of carbonyl (C=O) groups is 2. The maximum atomic E-state index is 13.3. The predicted octanol–water partition coefficient (Wildman–Crippen LogP) is 2.57. The maximum absolute atomic E-state index is 13.3. The third-order valence-corrected chi connectivity index (χ3v) is 7.39. The minimum absolute atomic E-state index is 0.192. The Bertz CT molecular complexity index is 920. The highest BCUT2D eigenvalue weighted by atomic mass is 33.1. The number of benzene rings is 1. The Kier molecular flexibility index (Phi) is 10.1. The van der Waals surface area contributed by atoms with E-state index in [1.807, 2.05) is 6.92 Å². The number of aliphatic hydroxyl groups excluding tert-OH is 1. The quantitative estimate of drug-likeness (QED) is 0.341. The van der Waals surface area contributed by atoms with Crippen molar-refractivity contribution in [1.29, 1.82) is 0 Å². The van der Waals surface area contributed by atoms with Gasteiger partial charge in [0.05, 0.1) is 31.5 Å². The first kappa shape index (κ1) is 26.6. The molecule has 0 radical (unpaired) electrons. The average Bonchev–Trinajstić information content (AvgIpc) is 3.17. The summed E-state index contributed by atoms with van der Waals surface area (Å²) in [6.07, 6.45) is -1.34. The molecule has 1 aromatic carbocycles. The summed E-state index contributed by atoms with van der Waals surface area (Å²) in [5.74, 6) is 1.98. The first-order valence-corrected chi connectivity index (χ1v) is 12.4. The lowest BCUT2D eigenvalue weighted by atomic mass is 10.1. The number of amides is 2. The zero-order valence-corrected chi connectivity index (χ0v) is 20.2. The standard InChI is InChI=1S/C20H26N2O6S2.CO2/c1-5-29-30-7-6-28-20(25)22-14-10-17(27-4)16(26-3)9-13(14)18(23)21-11-12(2)8-15(21)19(22)24;2-1-3/h9-10,15,19,24H,2,5-8,11H2,1,3-4H3;/t15-,19?;/m0./s1. The summed E-state index contributed by atoms with van der Waals surface area (Å²) in [5, 5.41) is 11.1. The first-order valence-electron chi connectivity index (χ1n) is 9.95. The highest BCUT2D eigenvalue weighted by Gasteiger charge is 2.46. The number of hydrogen-bond acceptors (Lipinski definition) is 10. The number of ether oxygens (including phenoxy) is 3. The lowest BCUT2D eigenvalue weighted by Crippen LogP contribution is -2.51. The van der Waals surface area contributed by atoms with E-state index >= 15 is 0 Å². The maximum Gasteiger partial charge on any atom is 0.416 e. The number of nitrogens with zero attached hydrogens (tertiary/aromatic N) is 2. The molecule has 1 unspecified atom stereocenters. The number of aliphatic hydroxyl groups is 1. The Hall–Kier alpha value is -2.66. The van der Waals surface area contributed by atoms with Gasteiger partial charge in [0.1, 0.15) is 6.61 Å². The normalized spacial score (nSPS) is 18.9. The van der Waals surface area contributed by atoms with Gasteiger partial charge in [-0.3, -0.25) is 4.79 Å². The van der Waals surface area contributed by atoms with Crippen molar-refractivity contribution >= 4 is 45.4 Å². The van der Waals surface area contributed by atoms with Crippen LogP contribution in [0.4, 0.5) is 10.5 Å². The van der Waals surface area contributed by atoms with E-state index in [0.29, 0.717) is 30.2 Å². The molecule has 10 nitrogen and oxygen atoms in total. The summed E-state index contributed by atoms with van der Waals surface area (Å²) < 4.78 is 16.1. The number of anilines is 1. The van der Waals surface area contributed by atoms with Gasteiger partial charge >= 0.3 is 12.2 Å². The molecule has 0 spiro atoms. The molecule has 0 aliphatic carbocycles. The van der Waals surface area contributed by atoms with Gasteiger partial charge in [0.2, 0.25) is 0 Å². The molecule has 3 rings (SSSR count). The fourth-order valence-electron chi connectivity index (χ4n) is 3.61. The van der Waals surface area contributed by atoms with Gasteiger partial charge in [-0.05, 0) is 12.5 Å². The number of rotatable bonds is 7. The van der Waals surface area contributed by atoms with E-state index in [9.17, 15) is 14.7 Å². The van der Waals surface area contributed by atoms with Crippen LogP contribution in [0.3, 0.4) is 0 Å². The lowest BCUT2D eigenvalue weighted by Gasteiger charge is -2.31. The van der Waals surface area contributed by atoms with Crippen molar-refractivity contribution in [2.75, 3.05) is 43.8 Å². The second-order valence-electron chi connectivity index (χ2n) is 6.89. The van der Waals surface area contributed by atoms with Crippen molar-refractivity contribution in [3.63, 3.8) is 0 Å². The van der Waals surface area contributed by atoms with Crippen LogP contribution in [0.15, 0.2) is 24.3 Å². The van der Waals surface area contributed by atoms with Crippen LogP contribution in [0.5, 0.6) is 11.5 Å². The summed E-state index contributed by atoms with van der Waals surface area (Å²) >= 11 is 0. The van der Waals surface area contributed by atoms with Gasteiger partial charge in [-0.25, -0.2) is 9.69 Å². The second-order valence-corrected chi connectivity index (χ2v) is 9.76. The van der Waals surface area contributed by atoms with Crippen LogP contribution in [0.1, 0.15) is 23.7 Å². The van der Waals surface area contributed by atoms with Crippen LogP contribution >= 0.6 is 21.6 Å². The van der Waals surface area contributed by atoms with Crippen LogP contribution < -0.4 is 14.4 Å². The highest BCUT2D eigenvalue weighted by Crippen LogP contribution is 2.41. The van der Waals surface area contributed by atoms with Crippen molar-refractivity contribution in [1.82, 2.24) is 4.90 Å². The third kappa shape index (κ3) is 6.02. The molecule has 0 saturated carbocycles. The topological polar surface area (TPSA) is 123 Å². The molecule has 2 aliphatic heterocycles. The molecule has 0 bridgehead atoms. The SMILES string of the molecule is C=C1C[C@H]2C(O)N(C(=O)OCCSSCC)c3cc(OC)c(OC)cc3C(=O)N2C1.O=C=O. The largest absolute Gasteiger partial charge is 0.493 e. The zero-order chi connectivity index (χ0) is 24.5. The summed E-state index contributed by atoms with van der Waals surface area (Å²) in [7, 11) is 6.22. The fraction of sp³-hybridized carbons (Fsp3) is 0.476. The van der Waals surface area contributed by atoms with Gasteiger partial charge < -0.3 is 24.2 Å². The number of methoxy groups -OCH3 is 2. The molecular formula is C21H26N2O8S2. The van der Waals surface area contributed by atoms with Gasteiger partial charge in [0.15, 0.2) is 17.7 Å². The summed E-state index contributed by atoms with van der Waals surface area (Å²) in [6, 6.07) is 2.45.